The van der Waals surface area contributed by atoms with Gasteiger partial charge in [-0.15, -0.1) is 0 Å². The molecule has 0 radical (unpaired) electrons. The van der Waals surface area contributed by atoms with Gasteiger partial charge in [0.2, 0.25) is 0 Å². The van der Waals surface area contributed by atoms with Gasteiger partial charge in [-0.2, -0.15) is 0 Å². The van der Waals surface area contributed by atoms with Crippen LogP contribution in [0.5, 0.6) is 0 Å². The maximum absolute atomic E-state index is 12.2. The minimum Gasteiger partial charge on any atom is -0.466 e. The largest absolute Gasteiger partial charge is 0.466 e. The molecule has 1 saturated heterocycles. The zero-order valence-corrected chi connectivity index (χ0v) is 13.0. The van der Waals surface area contributed by atoms with Crippen molar-refractivity contribution in [2.45, 2.75) is 31.7 Å². The second-order valence-corrected chi connectivity index (χ2v) is 5.51. The lowest BCUT2D eigenvalue weighted by atomic mass is 9.85. The number of rotatable bonds is 7. The Morgan fingerprint density at radius 2 is 1.90 bits per heavy atom. The van der Waals surface area contributed by atoms with Crippen LogP contribution >= 0.6 is 0 Å². The Labute approximate surface area is 127 Å². The predicted molar refractivity (Wildman–Crippen MR) is 82.1 cm³/mol. The van der Waals surface area contributed by atoms with Gasteiger partial charge in [0.25, 0.3) is 0 Å². The summed E-state index contributed by atoms with van der Waals surface area (Å²) in [5, 5.41) is 0. The monoisotopic (exact) mass is 291 g/mol. The fourth-order valence-electron chi connectivity index (χ4n) is 3.21. The average molecular weight is 291 g/mol. The van der Waals surface area contributed by atoms with Gasteiger partial charge in [0.05, 0.1) is 25.2 Å². The Kier molecular flexibility index (Phi) is 5.76. The van der Waals surface area contributed by atoms with Gasteiger partial charge < -0.3 is 9.47 Å². The van der Waals surface area contributed by atoms with E-state index in [1.54, 1.807) is 7.11 Å². The van der Waals surface area contributed by atoms with E-state index >= 15 is 0 Å². The molecule has 1 aromatic carbocycles. The molecule has 0 spiro atoms. The second kappa shape index (κ2) is 7.57. The van der Waals surface area contributed by atoms with E-state index in [2.05, 4.69) is 17.0 Å². The summed E-state index contributed by atoms with van der Waals surface area (Å²) in [6.07, 6.45) is 2.67. The normalized spacial score (nSPS) is 18.4. The molecule has 1 aliphatic rings. The van der Waals surface area contributed by atoms with Crippen LogP contribution in [0.4, 0.5) is 0 Å². The van der Waals surface area contributed by atoms with Crippen molar-refractivity contribution in [2.75, 3.05) is 33.4 Å². The summed E-state index contributed by atoms with van der Waals surface area (Å²) in [4.78, 5) is 14.5. The highest BCUT2D eigenvalue weighted by Crippen LogP contribution is 2.35. The number of carbonyl (C=O) groups excluding carboxylic acids is 1. The van der Waals surface area contributed by atoms with Crippen LogP contribution in [0, 0.1) is 0 Å². The predicted octanol–water partition coefficient (Wildman–Crippen LogP) is 2.58. The van der Waals surface area contributed by atoms with Crippen molar-refractivity contribution in [3.63, 3.8) is 0 Å². The number of methoxy groups -OCH3 is 1. The van der Waals surface area contributed by atoms with E-state index in [4.69, 9.17) is 9.47 Å². The summed E-state index contributed by atoms with van der Waals surface area (Å²) >= 11 is 0. The summed E-state index contributed by atoms with van der Waals surface area (Å²) in [5.41, 5.74) is 0.709. The Morgan fingerprint density at radius 3 is 2.48 bits per heavy atom. The molecule has 1 aliphatic heterocycles. The Bertz CT molecular complexity index is 443. The van der Waals surface area contributed by atoms with E-state index in [9.17, 15) is 4.79 Å². The minimum absolute atomic E-state index is 0.162. The number of hydrogen-bond acceptors (Lipinski definition) is 4. The van der Waals surface area contributed by atoms with E-state index in [1.807, 2.05) is 25.1 Å². The first-order chi connectivity index (χ1) is 10.2. The van der Waals surface area contributed by atoms with Crippen molar-refractivity contribution in [2.24, 2.45) is 0 Å². The molecule has 1 atom stereocenters. The summed E-state index contributed by atoms with van der Waals surface area (Å²) in [6, 6.07) is 10.2. The van der Waals surface area contributed by atoms with Gasteiger partial charge in [-0.05, 0) is 38.4 Å². The van der Waals surface area contributed by atoms with E-state index in [-0.39, 0.29) is 5.97 Å². The molecule has 21 heavy (non-hydrogen) atoms. The number of carbonyl (C=O) groups is 1. The Morgan fingerprint density at radius 1 is 1.24 bits per heavy atom. The third-order valence-corrected chi connectivity index (χ3v) is 4.15. The number of nitrogens with zero attached hydrogens (tertiary/aromatic N) is 1. The molecule has 0 N–H and O–H groups in total. The van der Waals surface area contributed by atoms with E-state index in [0.29, 0.717) is 19.6 Å². The number of ether oxygens (including phenoxy) is 2. The van der Waals surface area contributed by atoms with Crippen LogP contribution in [0.25, 0.3) is 0 Å². The Balaban J connectivity index is 2.35. The number of likely N-dealkylation sites (tertiary alicyclic amines) is 1. The first kappa shape index (κ1) is 16.0. The highest BCUT2D eigenvalue weighted by Gasteiger charge is 2.42. The zero-order valence-electron chi connectivity index (χ0n) is 13.0. The van der Waals surface area contributed by atoms with Crippen LogP contribution in [-0.4, -0.2) is 44.3 Å². The molecule has 1 aromatic rings. The smallest absolute Gasteiger partial charge is 0.308 e. The van der Waals surface area contributed by atoms with Crippen LogP contribution in [0.3, 0.4) is 0 Å². The third kappa shape index (κ3) is 3.63. The Hall–Kier alpha value is -1.39. The van der Waals surface area contributed by atoms with Gasteiger partial charge in [0, 0.05) is 7.11 Å². The molecule has 0 aliphatic carbocycles. The van der Waals surface area contributed by atoms with Gasteiger partial charge in [0.15, 0.2) is 0 Å². The summed E-state index contributed by atoms with van der Waals surface area (Å²) < 4.78 is 10.7. The van der Waals surface area contributed by atoms with E-state index < -0.39 is 5.54 Å². The molecule has 0 aromatic heterocycles. The second-order valence-electron chi connectivity index (χ2n) is 5.51. The standard InChI is InChI=1S/C17H25NO3/c1-3-21-16(19)13-17(14-20-2,18-11-7-8-12-18)15-9-5-4-6-10-15/h4-6,9-10H,3,7-8,11-14H2,1-2H3. The van der Waals surface area contributed by atoms with Crippen LogP contribution in [0.1, 0.15) is 31.7 Å². The SMILES string of the molecule is CCOC(=O)CC(COC)(c1ccccc1)N1CCCC1. The molecule has 2 rings (SSSR count). The summed E-state index contributed by atoms with van der Waals surface area (Å²) in [5.74, 6) is -0.162. The maximum atomic E-state index is 12.2. The van der Waals surface area contributed by atoms with Crippen molar-refractivity contribution in [1.29, 1.82) is 0 Å². The van der Waals surface area contributed by atoms with Gasteiger partial charge >= 0.3 is 5.97 Å². The molecule has 1 heterocycles. The van der Waals surface area contributed by atoms with Crippen molar-refractivity contribution >= 4 is 5.97 Å². The van der Waals surface area contributed by atoms with Crippen molar-refractivity contribution < 1.29 is 14.3 Å². The molecule has 1 fully saturated rings. The zero-order chi connectivity index (χ0) is 15.1. The lowest BCUT2D eigenvalue weighted by Gasteiger charge is -2.41. The van der Waals surface area contributed by atoms with E-state index in [0.717, 1.165) is 18.7 Å². The molecule has 116 valence electrons. The fourth-order valence-corrected chi connectivity index (χ4v) is 3.21. The summed E-state index contributed by atoms with van der Waals surface area (Å²) in [7, 11) is 1.69. The molecule has 1 unspecified atom stereocenters. The highest BCUT2D eigenvalue weighted by atomic mass is 16.5. The van der Waals surface area contributed by atoms with Crippen LogP contribution in [-0.2, 0) is 19.8 Å². The van der Waals surface area contributed by atoms with Gasteiger partial charge in [-0.25, -0.2) is 0 Å². The van der Waals surface area contributed by atoms with Crippen molar-refractivity contribution in [1.82, 2.24) is 4.90 Å². The van der Waals surface area contributed by atoms with Crippen molar-refractivity contribution in [3.05, 3.63) is 35.9 Å². The van der Waals surface area contributed by atoms with Crippen LogP contribution < -0.4 is 0 Å². The first-order valence-corrected chi connectivity index (χ1v) is 7.68. The topological polar surface area (TPSA) is 38.8 Å². The quantitative estimate of drug-likeness (QED) is 0.724. The molecular weight excluding hydrogens is 266 g/mol. The molecule has 0 amide bonds. The number of hydrogen-bond donors (Lipinski definition) is 0. The lowest BCUT2D eigenvalue weighted by Crippen LogP contribution is -2.49. The number of benzene rings is 1. The van der Waals surface area contributed by atoms with Gasteiger partial charge in [0.1, 0.15) is 0 Å². The molecule has 4 nitrogen and oxygen atoms in total. The molecular formula is C17H25NO3. The molecule has 4 heteroatoms. The number of esters is 1. The molecule has 0 saturated carbocycles. The fraction of sp³-hybridized carbons (Fsp3) is 0.588. The average Bonchev–Trinajstić information content (AvgIpc) is 3.02. The maximum Gasteiger partial charge on any atom is 0.308 e. The minimum atomic E-state index is -0.418. The van der Waals surface area contributed by atoms with Gasteiger partial charge in [-0.3, -0.25) is 9.69 Å². The third-order valence-electron chi connectivity index (χ3n) is 4.15. The molecule has 0 bridgehead atoms. The van der Waals surface area contributed by atoms with Crippen LogP contribution in [0.2, 0.25) is 0 Å². The lowest BCUT2D eigenvalue weighted by molar-refractivity contribution is -0.148. The van der Waals surface area contributed by atoms with Gasteiger partial charge in [-0.1, -0.05) is 30.3 Å². The van der Waals surface area contributed by atoms with Crippen molar-refractivity contribution in [3.8, 4) is 0 Å². The highest BCUT2D eigenvalue weighted by molar-refractivity contribution is 5.71. The summed E-state index contributed by atoms with van der Waals surface area (Å²) in [6.45, 7) is 4.75. The first-order valence-electron chi connectivity index (χ1n) is 7.68. The van der Waals surface area contributed by atoms with E-state index in [1.165, 1.54) is 12.8 Å². The van der Waals surface area contributed by atoms with Crippen LogP contribution in [0.15, 0.2) is 30.3 Å².